The molecule has 0 saturated carbocycles. The van der Waals surface area contributed by atoms with Crippen LogP contribution in [0.5, 0.6) is 11.5 Å². The summed E-state index contributed by atoms with van der Waals surface area (Å²) in [7, 11) is 3.06. The van der Waals surface area contributed by atoms with E-state index in [9.17, 15) is 9.59 Å². The summed E-state index contributed by atoms with van der Waals surface area (Å²) in [5.41, 5.74) is 3.76. The molecule has 1 heterocycles. The molecule has 2 aromatic carbocycles. The van der Waals surface area contributed by atoms with Crippen LogP contribution >= 0.6 is 0 Å². The van der Waals surface area contributed by atoms with Gasteiger partial charge in [0, 0.05) is 6.54 Å². The number of fused-ring (bicyclic) bond motifs is 1. The van der Waals surface area contributed by atoms with Gasteiger partial charge in [0.2, 0.25) is 0 Å². The number of ether oxygens (including phenoxy) is 3. The van der Waals surface area contributed by atoms with Crippen molar-refractivity contribution in [2.75, 3.05) is 37.2 Å². The van der Waals surface area contributed by atoms with Gasteiger partial charge in [-0.3, -0.25) is 9.69 Å². The highest BCUT2D eigenvalue weighted by Crippen LogP contribution is 2.41. The number of anilines is 2. The first kappa shape index (κ1) is 22.5. The molecule has 1 atom stereocenters. The Morgan fingerprint density at radius 1 is 1.00 bits per heavy atom. The third-order valence-corrected chi connectivity index (χ3v) is 5.72. The van der Waals surface area contributed by atoms with Gasteiger partial charge in [-0.2, -0.15) is 0 Å². The predicted molar refractivity (Wildman–Crippen MR) is 121 cm³/mol. The molecule has 0 aromatic heterocycles. The highest BCUT2D eigenvalue weighted by molar-refractivity contribution is 6.13. The van der Waals surface area contributed by atoms with Crippen molar-refractivity contribution >= 4 is 23.4 Å². The van der Waals surface area contributed by atoms with Gasteiger partial charge in [-0.1, -0.05) is 13.0 Å². The number of hydrogen-bond acceptors (Lipinski definition) is 5. The van der Waals surface area contributed by atoms with Crippen LogP contribution < -0.4 is 19.3 Å². The average molecular weight is 427 g/mol. The van der Waals surface area contributed by atoms with Crippen LogP contribution in [0.3, 0.4) is 0 Å². The van der Waals surface area contributed by atoms with Crippen LogP contribution in [-0.2, 0) is 4.74 Å². The zero-order valence-electron chi connectivity index (χ0n) is 19.0. The Kier molecular flexibility index (Phi) is 6.73. The Morgan fingerprint density at radius 3 is 2.10 bits per heavy atom. The van der Waals surface area contributed by atoms with E-state index in [2.05, 4.69) is 0 Å². The molecule has 0 spiro atoms. The number of amides is 2. The lowest BCUT2D eigenvalue weighted by atomic mass is 9.99. The summed E-state index contributed by atoms with van der Waals surface area (Å²) < 4.78 is 16.3. The summed E-state index contributed by atoms with van der Waals surface area (Å²) in [5.74, 6) is 0.645. The van der Waals surface area contributed by atoms with E-state index in [-0.39, 0.29) is 18.6 Å². The molecule has 0 bridgehead atoms. The van der Waals surface area contributed by atoms with Gasteiger partial charge in [0.25, 0.3) is 5.91 Å². The van der Waals surface area contributed by atoms with Gasteiger partial charge < -0.3 is 19.1 Å². The third kappa shape index (κ3) is 4.04. The maximum atomic E-state index is 13.8. The van der Waals surface area contributed by atoms with Crippen LogP contribution in [0.15, 0.2) is 30.3 Å². The molecular formula is C24H30N2O5. The molecule has 3 rings (SSSR count). The van der Waals surface area contributed by atoms with Crippen molar-refractivity contribution in [3.8, 4) is 11.5 Å². The van der Waals surface area contributed by atoms with Crippen LogP contribution in [-0.4, -0.2) is 45.4 Å². The summed E-state index contributed by atoms with van der Waals surface area (Å²) in [5, 5.41) is 0. The molecule has 7 heteroatoms. The SMILES string of the molecule is CCOC(=O)N1c2cc(C)c(C)cc2N(C(=O)c2c(OC)cccc2OC)CC1CC. The van der Waals surface area contributed by atoms with Gasteiger partial charge in [-0.25, -0.2) is 4.79 Å². The normalized spacial score (nSPS) is 15.4. The van der Waals surface area contributed by atoms with E-state index in [1.54, 1.807) is 34.9 Å². The lowest BCUT2D eigenvalue weighted by Crippen LogP contribution is -2.53. The quantitative estimate of drug-likeness (QED) is 0.692. The van der Waals surface area contributed by atoms with E-state index < -0.39 is 6.09 Å². The van der Waals surface area contributed by atoms with Crippen LogP contribution in [0.25, 0.3) is 0 Å². The molecule has 7 nitrogen and oxygen atoms in total. The maximum Gasteiger partial charge on any atom is 0.414 e. The first-order chi connectivity index (χ1) is 14.9. The monoisotopic (exact) mass is 426 g/mol. The Morgan fingerprint density at radius 2 is 1.58 bits per heavy atom. The maximum absolute atomic E-state index is 13.8. The number of rotatable bonds is 5. The van der Waals surface area contributed by atoms with E-state index in [1.807, 2.05) is 32.9 Å². The van der Waals surface area contributed by atoms with Gasteiger partial charge in [0.1, 0.15) is 17.1 Å². The lowest BCUT2D eigenvalue weighted by Gasteiger charge is -2.42. The molecule has 0 fully saturated rings. The van der Waals surface area contributed by atoms with Crippen LogP contribution in [0.4, 0.5) is 16.2 Å². The summed E-state index contributed by atoms with van der Waals surface area (Å²) in [6.07, 6.45) is 0.263. The molecular weight excluding hydrogens is 396 g/mol. The zero-order chi connectivity index (χ0) is 22.7. The minimum Gasteiger partial charge on any atom is -0.496 e. The molecule has 2 aromatic rings. The standard InChI is InChI=1S/C24H30N2O5/c1-7-17-14-25(23(27)22-20(29-5)10-9-11-21(22)30-6)18-12-15(3)16(4)13-19(18)26(17)24(28)31-8-2/h9-13,17H,7-8,14H2,1-6H3. The van der Waals surface area contributed by atoms with E-state index >= 15 is 0 Å². The fraction of sp³-hybridized carbons (Fsp3) is 0.417. The average Bonchev–Trinajstić information content (AvgIpc) is 2.77. The Hall–Kier alpha value is -3.22. The van der Waals surface area contributed by atoms with Crippen LogP contribution in [0, 0.1) is 13.8 Å². The van der Waals surface area contributed by atoms with Gasteiger partial charge in [0.15, 0.2) is 0 Å². The van der Waals surface area contributed by atoms with E-state index in [0.717, 1.165) is 11.1 Å². The van der Waals surface area contributed by atoms with E-state index in [0.29, 0.717) is 41.4 Å². The molecule has 1 aliphatic rings. The number of carbonyl (C=O) groups is 2. The van der Waals surface area contributed by atoms with Crippen molar-refractivity contribution in [3.63, 3.8) is 0 Å². The Labute approximate surface area is 183 Å². The smallest absolute Gasteiger partial charge is 0.414 e. The predicted octanol–water partition coefficient (Wildman–Crippen LogP) is 4.72. The lowest BCUT2D eigenvalue weighted by molar-refractivity contribution is 0.0975. The highest BCUT2D eigenvalue weighted by atomic mass is 16.6. The van der Waals surface area contributed by atoms with Crippen molar-refractivity contribution in [3.05, 3.63) is 47.0 Å². The van der Waals surface area contributed by atoms with Crippen molar-refractivity contribution < 1.29 is 23.8 Å². The zero-order valence-corrected chi connectivity index (χ0v) is 19.0. The second-order valence-corrected chi connectivity index (χ2v) is 7.51. The molecule has 166 valence electrons. The van der Waals surface area contributed by atoms with Crippen molar-refractivity contribution in [2.24, 2.45) is 0 Å². The Balaban J connectivity index is 2.19. The van der Waals surface area contributed by atoms with Crippen molar-refractivity contribution in [2.45, 2.75) is 40.2 Å². The van der Waals surface area contributed by atoms with Gasteiger partial charge in [0.05, 0.1) is 38.2 Å². The number of hydrogen-bond donors (Lipinski definition) is 0. The largest absolute Gasteiger partial charge is 0.496 e. The van der Waals surface area contributed by atoms with Crippen LogP contribution in [0.2, 0.25) is 0 Å². The topological polar surface area (TPSA) is 68.3 Å². The van der Waals surface area contributed by atoms with Crippen LogP contribution in [0.1, 0.15) is 41.8 Å². The fourth-order valence-corrected chi connectivity index (χ4v) is 3.92. The molecule has 0 saturated heterocycles. The van der Waals surface area contributed by atoms with Crippen molar-refractivity contribution in [1.29, 1.82) is 0 Å². The highest BCUT2D eigenvalue weighted by Gasteiger charge is 2.39. The Bertz CT molecular complexity index is 966. The first-order valence-electron chi connectivity index (χ1n) is 10.5. The second-order valence-electron chi connectivity index (χ2n) is 7.51. The van der Waals surface area contributed by atoms with Gasteiger partial charge in [-0.15, -0.1) is 0 Å². The molecule has 31 heavy (non-hydrogen) atoms. The first-order valence-corrected chi connectivity index (χ1v) is 10.5. The van der Waals surface area contributed by atoms with E-state index in [1.165, 1.54) is 14.2 Å². The van der Waals surface area contributed by atoms with E-state index in [4.69, 9.17) is 14.2 Å². The minimum atomic E-state index is -0.402. The molecule has 1 aliphatic heterocycles. The van der Waals surface area contributed by atoms with Crippen molar-refractivity contribution in [1.82, 2.24) is 0 Å². The number of carbonyl (C=O) groups excluding carboxylic acids is 2. The van der Waals surface area contributed by atoms with Gasteiger partial charge >= 0.3 is 6.09 Å². The number of benzene rings is 2. The number of nitrogens with zero attached hydrogens (tertiary/aromatic N) is 2. The number of methoxy groups -OCH3 is 2. The molecule has 2 amide bonds. The third-order valence-electron chi connectivity index (χ3n) is 5.72. The summed E-state index contributed by atoms with van der Waals surface area (Å²) in [4.78, 5) is 30.0. The minimum absolute atomic E-state index is 0.224. The molecule has 1 unspecified atom stereocenters. The summed E-state index contributed by atoms with van der Waals surface area (Å²) in [6, 6.07) is 8.93. The molecule has 0 radical (unpaired) electrons. The fourth-order valence-electron chi connectivity index (χ4n) is 3.92. The summed E-state index contributed by atoms with van der Waals surface area (Å²) >= 11 is 0. The molecule has 0 aliphatic carbocycles. The molecule has 0 N–H and O–H groups in total. The number of aryl methyl sites for hydroxylation is 2. The van der Waals surface area contributed by atoms with Gasteiger partial charge in [-0.05, 0) is 62.6 Å². The second kappa shape index (κ2) is 9.29. The summed E-state index contributed by atoms with van der Waals surface area (Å²) in [6.45, 7) is 8.38.